The van der Waals surface area contributed by atoms with E-state index in [9.17, 15) is 5.11 Å². The van der Waals surface area contributed by atoms with E-state index in [1.807, 2.05) is 36.4 Å². The summed E-state index contributed by atoms with van der Waals surface area (Å²) >= 11 is 7.33. The summed E-state index contributed by atoms with van der Waals surface area (Å²) in [4.78, 5) is 3.05. The van der Waals surface area contributed by atoms with Gasteiger partial charge in [-0.15, -0.1) is 0 Å². The highest BCUT2D eigenvalue weighted by Gasteiger charge is 2.14. The quantitative estimate of drug-likeness (QED) is 0.442. The number of amidine groups is 1. The standard InChI is InChI=1S/C18H21ClN2OS/c1-13(2)11-21(12-14-3-7-16(22)8-4-14)18(20)23-17-9-5-15(19)6-10-17/h3-10,13,20,22H,11-12H2,1-2H3. The fraction of sp³-hybridized carbons (Fsp3) is 0.278. The molecule has 0 atom stereocenters. The van der Waals surface area contributed by atoms with E-state index in [-0.39, 0.29) is 5.75 Å². The number of phenols is 1. The largest absolute Gasteiger partial charge is 0.508 e. The van der Waals surface area contributed by atoms with Crippen LogP contribution < -0.4 is 0 Å². The van der Waals surface area contributed by atoms with Crippen LogP contribution in [0.3, 0.4) is 0 Å². The first-order chi connectivity index (χ1) is 10.9. The van der Waals surface area contributed by atoms with Gasteiger partial charge in [-0.25, -0.2) is 0 Å². The Morgan fingerprint density at radius 3 is 2.30 bits per heavy atom. The van der Waals surface area contributed by atoms with Gasteiger partial charge in [0.1, 0.15) is 5.75 Å². The first-order valence-electron chi connectivity index (χ1n) is 7.49. The highest BCUT2D eigenvalue weighted by atomic mass is 35.5. The molecule has 0 saturated heterocycles. The van der Waals surface area contributed by atoms with Gasteiger partial charge in [-0.05, 0) is 47.9 Å². The van der Waals surface area contributed by atoms with E-state index in [0.717, 1.165) is 17.0 Å². The van der Waals surface area contributed by atoms with Crippen LogP contribution >= 0.6 is 23.4 Å². The number of nitrogens with one attached hydrogen (secondary N) is 1. The van der Waals surface area contributed by atoms with Crippen molar-refractivity contribution < 1.29 is 5.11 Å². The second-order valence-corrected chi connectivity index (χ2v) is 7.30. The minimum Gasteiger partial charge on any atom is -0.508 e. The van der Waals surface area contributed by atoms with E-state index in [4.69, 9.17) is 17.0 Å². The van der Waals surface area contributed by atoms with Crippen molar-refractivity contribution in [2.24, 2.45) is 5.92 Å². The van der Waals surface area contributed by atoms with Crippen LogP contribution in [0.15, 0.2) is 53.4 Å². The molecule has 0 heterocycles. The highest BCUT2D eigenvalue weighted by Crippen LogP contribution is 2.24. The predicted octanol–water partition coefficient (Wildman–Crippen LogP) is 5.23. The van der Waals surface area contributed by atoms with Gasteiger partial charge < -0.3 is 10.0 Å². The number of phenolic OH excluding ortho intramolecular Hbond substituents is 1. The Balaban J connectivity index is 2.08. The first-order valence-corrected chi connectivity index (χ1v) is 8.68. The zero-order valence-electron chi connectivity index (χ0n) is 13.3. The van der Waals surface area contributed by atoms with Crippen LogP contribution in [0.2, 0.25) is 5.02 Å². The lowest BCUT2D eigenvalue weighted by molar-refractivity contribution is 0.364. The Kier molecular flexibility index (Phi) is 6.37. The molecule has 3 nitrogen and oxygen atoms in total. The van der Waals surface area contributed by atoms with Gasteiger partial charge >= 0.3 is 0 Å². The second-order valence-electron chi connectivity index (χ2n) is 5.80. The number of benzene rings is 2. The molecular weight excluding hydrogens is 328 g/mol. The number of hydrogen-bond acceptors (Lipinski definition) is 3. The summed E-state index contributed by atoms with van der Waals surface area (Å²) in [5.41, 5.74) is 1.07. The number of thioether (sulfide) groups is 1. The maximum Gasteiger partial charge on any atom is 0.161 e. The molecule has 23 heavy (non-hydrogen) atoms. The Morgan fingerprint density at radius 2 is 1.74 bits per heavy atom. The molecule has 2 aromatic carbocycles. The van der Waals surface area contributed by atoms with Gasteiger partial charge in [0.2, 0.25) is 0 Å². The Labute approximate surface area is 146 Å². The molecule has 0 amide bonds. The molecule has 0 unspecified atom stereocenters. The van der Waals surface area contributed by atoms with E-state index in [2.05, 4.69) is 18.7 Å². The molecule has 0 bridgehead atoms. The van der Waals surface area contributed by atoms with Crippen LogP contribution in [0, 0.1) is 11.3 Å². The van der Waals surface area contributed by atoms with Crippen LogP contribution in [0.1, 0.15) is 19.4 Å². The normalized spacial score (nSPS) is 10.8. The van der Waals surface area contributed by atoms with Crippen molar-refractivity contribution in [3.05, 3.63) is 59.1 Å². The van der Waals surface area contributed by atoms with Gasteiger partial charge in [0.25, 0.3) is 0 Å². The summed E-state index contributed by atoms with van der Waals surface area (Å²) in [7, 11) is 0. The fourth-order valence-corrected chi connectivity index (χ4v) is 3.05. The average Bonchev–Trinajstić information content (AvgIpc) is 2.50. The van der Waals surface area contributed by atoms with Gasteiger partial charge in [-0.2, -0.15) is 0 Å². The van der Waals surface area contributed by atoms with Crippen molar-refractivity contribution in [2.45, 2.75) is 25.3 Å². The topological polar surface area (TPSA) is 47.3 Å². The summed E-state index contributed by atoms with van der Waals surface area (Å²) in [5, 5.41) is 19.0. The minimum absolute atomic E-state index is 0.259. The number of hydrogen-bond donors (Lipinski definition) is 2. The van der Waals surface area contributed by atoms with Gasteiger partial charge in [-0.3, -0.25) is 5.41 Å². The molecule has 122 valence electrons. The highest BCUT2D eigenvalue weighted by molar-refractivity contribution is 8.13. The number of rotatable bonds is 5. The van der Waals surface area contributed by atoms with E-state index in [1.165, 1.54) is 11.8 Å². The molecule has 2 N–H and O–H groups in total. The molecule has 0 radical (unpaired) electrons. The van der Waals surface area contributed by atoms with Gasteiger partial charge in [0.15, 0.2) is 5.17 Å². The molecule has 5 heteroatoms. The van der Waals surface area contributed by atoms with Crippen molar-refractivity contribution in [2.75, 3.05) is 6.54 Å². The third kappa shape index (κ3) is 5.81. The monoisotopic (exact) mass is 348 g/mol. The SMILES string of the molecule is CC(C)CN(Cc1ccc(O)cc1)C(=N)Sc1ccc(Cl)cc1. The van der Waals surface area contributed by atoms with E-state index >= 15 is 0 Å². The zero-order valence-corrected chi connectivity index (χ0v) is 14.9. The van der Waals surface area contributed by atoms with Gasteiger partial charge in [-0.1, -0.05) is 49.3 Å². The third-order valence-corrected chi connectivity index (χ3v) is 4.42. The molecule has 2 rings (SSSR count). The lowest BCUT2D eigenvalue weighted by Gasteiger charge is -2.26. The minimum atomic E-state index is 0.259. The van der Waals surface area contributed by atoms with Crippen molar-refractivity contribution in [3.63, 3.8) is 0 Å². The summed E-state index contributed by atoms with van der Waals surface area (Å²) < 4.78 is 0. The summed E-state index contributed by atoms with van der Waals surface area (Å²) in [6.07, 6.45) is 0. The van der Waals surface area contributed by atoms with Gasteiger partial charge in [0, 0.05) is 23.0 Å². The van der Waals surface area contributed by atoms with Crippen LogP contribution in [-0.2, 0) is 6.54 Å². The van der Waals surface area contributed by atoms with Gasteiger partial charge in [0.05, 0.1) is 0 Å². The Morgan fingerprint density at radius 1 is 1.13 bits per heavy atom. The average molecular weight is 349 g/mol. The molecule has 0 fully saturated rings. The first kappa shape index (κ1) is 17.7. The van der Waals surface area contributed by atoms with Crippen LogP contribution in [0.4, 0.5) is 0 Å². The third-order valence-electron chi connectivity index (χ3n) is 3.21. The summed E-state index contributed by atoms with van der Waals surface area (Å²) in [6.45, 7) is 5.74. The van der Waals surface area contributed by atoms with Crippen molar-refractivity contribution in [3.8, 4) is 5.75 Å². The van der Waals surface area contributed by atoms with E-state index in [0.29, 0.717) is 22.7 Å². The molecular formula is C18H21ClN2OS. The molecule has 0 aliphatic carbocycles. The Bertz CT molecular complexity index is 641. The smallest absolute Gasteiger partial charge is 0.161 e. The van der Waals surface area contributed by atoms with E-state index in [1.54, 1.807) is 12.1 Å². The lowest BCUT2D eigenvalue weighted by Crippen LogP contribution is -2.31. The predicted molar refractivity (Wildman–Crippen MR) is 98.4 cm³/mol. The van der Waals surface area contributed by atoms with Crippen LogP contribution in [0.25, 0.3) is 0 Å². The second kappa shape index (κ2) is 8.27. The summed E-state index contributed by atoms with van der Waals surface area (Å²) in [6, 6.07) is 14.7. The number of nitrogens with zero attached hydrogens (tertiary/aromatic N) is 1. The van der Waals surface area contributed by atoms with E-state index < -0.39 is 0 Å². The molecule has 0 aromatic heterocycles. The van der Waals surface area contributed by atoms with Crippen LogP contribution in [0.5, 0.6) is 5.75 Å². The molecule has 0 spiro atoms. The Hall–Kier alpha value is -1.65. The zero-order chi connectivity index (χ0) is 16.8. The number of halogens is 1. The number of aromatic hydroxyl groups is 1. The fourth-order valence-electron chi connectivity index (χ4n) is 2.16. The molecule has 0 aliphatic heterocycles. The van der Waals surface area contributed by atoms with Crippen molar-refractivity contribution >= 4 is 28.5 Å². The van der Waals surface area contributed by atoms with Crippen LogP contribution in [-0.4, -0.2) is 21.7 Å². The maximum atomic E-state index is 9.39. The lowest BCUT2D eigenvalue weighted by atomic mass is 10.1. The maximum absolute atomic E-state index is 9.39. The molecule has 0 saturated carbocycles. The summed E-state index contributed by atoms with van der Waals surface area (Å²) in [5.74, 6) is 0.716. The molecule has 2 aromatic rings. The van der Waals surface area contributed by atoms with Crippen molar-refractivity contribution in [1.29, 1.82) is 5.41 Å². The van der Waals surface area contributed by atoms with Crippen molar-refractivity contribution in [1.82, 2.24) is 4.90 Å². The molecule has 0 aliphatic rings.